The number of H-pyrrole nitrogens is 1. The fraction of sp³-hybridized carbons (Fsp3) is 0.636. The minimum atomic E-state index is -0.0363. The Morgan fingerprint density at radius 1 is 1.36 bits per heavy atom. The molecule has 0 saturated heterocycles. The van der Waals surface area contributed by atoms with Crippen LogP contribution in [0.5, 0.6) is 0 Å². The summed E-state index contributed by atoms with van der Waals surface area (Å²) in [5.74, 6) is 0.748. The van der Waals surface area contributed by atoms with Crippen molar-refractivity contribution in [2.75, 3.05) is 0 Å². The Balaban J connectivity index is 1.99. The van der Waals surface area contributed by atoms with E-state index < -0.39 is 0 Å². The summed E-state index contributed by atoms with van der Waals surface area (Å²) < 4.78 is 0. The topological polar surface area (TPSA) is 45.8 Å². The molecule has 1 aliphatic rings. The fourth-order valence-electron chi connectivity index (χ4n) is 2.21. The van der Waals surface area contributed by atoms with E-state index in [0.717, 1.165) is 18.0 Å². The molecule has 0 aliphatic heterocycles. The van der Waals surface area contributed by atoms with Crippen molar-refractivity contribution in [3.8, 4) is 0 Å². The zero-order valence-electron chi connectivity index (χ0n) is 8.33. The Labute approximate surface area is 83.6 Å². The minimum Gasteiger partial charge on any atom is -0.313 e. The van der Waals surface area contributed by atoms with Crippen LogP contribution in [0.25, 0.3) is 0 Å². The Morgan fingerprint density at radius 3 is 2.86 bits per heavy atom. The van der Waals surface area contributed by atoms with Crippen LogP contribution >= 0.6 is 0 Å². The van der Waals surface area contributed by atoms with Crippen LogP contribution in [-0.2, 0) is 6.42 Å². The van der Waals surface area contributed by atoms with Gasteiger partial charge in [-0.05, 0) is 12.3 Å². The van der Waals surface area contributed by atoms with Crippen LogP contribution in [0.4, 0.5) is 0 Å². The largest absolute Gasteiger partial charge is 0.313 e. The fourth-order valence-corrected chi connectivity index (χ4v) is 2.21. The minimum absolute atomic E-state index is 0.0363. The van der Waals surface area contributed by atoms with Crippen molar-refractivity contribution in [2.45, 2.75) is 38.5 Å². The number of hydrogen-bond acceptors (Lipinski definition) is 2. The Kier molecular flexibility index (Phi) is 2.96. The molecule has 0 atom stereocenters. The lowest BCUT2D eigenvalue weighted by atomic mass is 9.86. The van der Waals surface area contributed by atoms with Crippen molar-refractivity contribution >= 4 is 0 Å². The molecule has 76 valence electrons. The lowest BCUT2D eigenvalue weighted by Gasteiger charge is -2.20. The average molecular weight is 192 g/mol. The maximum absolute atomic E-state index is 11.0. The van der Waals surface area contributed by atoms with Crippen LogP contribution < -0.4 is 5.56 Å². The maximum Gasteiger partial charge on any atom is 0.250 e. The van der Waals surface area contributed by atoms with Crippen LogP contribution in [0.1, 0.15) is 37.8 Å². The van der Waals surface area contributed by atoms with Crippen molar-refractivity contribution in [1.29, 1.82) is 0 Å². The van der Waals surface area contributed by atoms with E-state index in [-0.39, 0.29) is 5.56 Å². The molecule has 1 aliphatic carbocycles. The first-order valence-electron chi connectivity index (χ1n) is 5.38. The molecule has 14 heavy (non-hydrogen) atoms. The van der Waals surface area contributed by atoms with Crippen molar-refractivity contribution in [3.63, 3.8) is 0 Å². The summed E-state index contributed by atoms with van der Waals surface area (Å²) in [6, 6.07) is 1.62. The highest BCUT2D eigenvalue weighted by Crippen LogP contribution is 2.25. The van der Waals surface area contributed by atoms with E-state index in [9.17, 15) is 4.79 Å². The van der Waals surface area contributed by atoms with Crippen LogP contribution in [0.15, 0.2) is 17.2 Å². The van der Waals surface area contributed by atoms with Crippen molar-refractivity contribution in [2.24, 2.45) is 5.92 Å². The first-order chi connectivity index (χ1) is 6.84. The number of aromatic nitrogens is 2. The van der Waals surface area contributed by atoms with E-state index >= 15 is 0 Å². The third kappa shape index (κ3) is 2.44. The van der Waals surface area contributed by atoms with Gasteiger partial charge in [-0.1, -0.05) is 32.1 Å². The summed E-state index contributed by atoms with van der Waals surface area (Å²) in [6.07, 6.45) is 9.13. The van der Waals surface area contributed by atoms with Gasteiger partial charge in [0, 0.05) is 11.8 Å². The number of nitrogens with one attached hydrogen (secondary N) is 1. The van der Waals surface area contributed by atoms with Gasteiger partial charge in [0.05, 0.1) is 6.33 Å². The highest BCUT2D eigenvalue weighted by atomic mass is 16.1. The summed E-state index contributed by atoms with van der Waals surface area (Å²) in [6.45, 7) is 0. The molecule has 0 amide bonds. The summed E-state index contributed by atoms with van der Waals surface area (Å²) in [7, 11) is 0. The monoisotopic (exact) mass is 192 g/mol. The lowest BCUT2D eigenvalue weighted by molar-refractivity contribution is 0.354. The summed E-state index contributed by atoms with van der Waals surface area (Å²) in [5.41, 5.74) is 0.909. The van der Waals surface area contributed by atoms with Gasteiger partial charge in [0.2, 0.25) is 0 Å². The Bertz CT molecular complexity index is 339. The van der Waals surface area contributed by atoms with Gasteiger partial charge in [0.1, 0.15) is 0 Å². The highest BCUT2D eigenvalue weighted by molar-refractivity contribution is 4.99. The van der Waals surface area contributed by atoms with Crippen LogP contribution in [0.2, 0.25) is 0 Å². The molecule has 2 rings (SSSR count). The molecule has 0 unspecified atom stereocenters. The van der Waals surface area contributed by atoms with Crippen molar-refractivity contribution in [3.05, 3.63) is 28.4 Å². The molecule has 0 aromatic carbocycles. The van der Waals surface area contributed by atoms with E-state index in [1.54, 1.807) is 6.07 Å². The third-order valence-electron chi connectivity index (χ3n) is 2.96. The van der Waals surface area contributed by atoms with E-state index in [2.05, 4.69) is 9.97 Å². The second kappa shape index (κ2) is 4.40. The molecule has 1 heterocycles. The van der Waals surface area contributed by atoms with Gasteiger partial charge in [0.25, 0.3) is 5.56 Å². The Hall–Kier alpha value is -1.12. The summed E-state index contributed by atoms with van der Waals surface area (Å²) in [5, 5.41) is 0. The van der Waals surface area contributed by atoms with E-state index in [0.29, 0.717) is 0 Å². The maximum atomic E-state index is 11.0. The predicted octanol–water partition coefficient (Wildman–Crippen LogP) is 1.89. The van der Waals surface area contributed by atoms with Crippen LogP contribution in [-0.4, -0.2) is 9.97 Å². The summed E-state index contributed by atoms with van der Waals surface area (Å²) in [4.78, 5) is 17.8. The van der Waals surface area contributed by atoms with Crippen LogP contribution in [0, 0.1) is 5.92 Å². The number of hydrogen-bond donors (Lipinski definition) is 1. The molecule has 1 aromatic heterocycles. The number of aromatic amines is 1. The predicted molar refractivity (Wildman–Crippen MR) is 55.1 cm³/mol. The molecule has 1 N–H and O–H groups in total. The zero-order valence-corrected chi connectivity index (χ0v) is 8.33. The average Bonchev–Trinajstić information content (AvgIpc) is 2.19. The van der Waals surface area contributed by atoms with Gasteiger partial charge < -0.3 is 4.98 Å². The van der Waals surface area contributed by atoms with E-state index in [4.69, 9.17) is 0 Å². The van der Waals surface area contributed by atoms with Gasteiger partial charge in [-0.3, -0.25) is 4.79 Å². The second-order valence-electron chi connectivity index (χ2n) is 4.11. The number of rotatable bonds is 2. The standard InChI is InChI=1S/C11H16N2O/c14-11-7-10(12-8-13-11)6-9-4-2-1-3-5-9/h7-9H,1-6H2,(H,12,13,14). The van der Waals surface area contributed by atoms with Gasteiger partial charge in [-0.15, -0.1) is 0 Å². The molecule has 3 heteroatoms. The lowest BCUT2D eigenvalue weighted by Crippen LogP contribution is -2.13. The third-order valence-corrected chi connectivity index (χ3v) is 2.96. The molecule has 1 fully saturated rings. The summed E-state index contributed by atoms with van der Waals surface area (Å²) >= 11 is 0. The normalized spacial score (nSPS) is 18.3. The second-order valence-corrected chi connectivity index (χ2v) is 4.11. The molecular weight excluding hydrogens is 176 g/mol. The molecule has 0 bridgehead atoms. The molecule has 0 radical (unpaired) electrons. The zero-order chi connectivity index (χ0) is 9.80. The quantitative estimate of drug-likeness (QED) is 0.777. The molecule has 3 nitrogen and oxygen atoms in total. The first-order valence-corrected chi connectivity index (χ1v) is 5.38. The van der Waals surface area contributed by atoms with Gasteiger partial charge in [-0.25, -0.2) is 4.98 Å². The van der Waals surface area contributed by atoms with E-state index in [1.165, 1.54) is 38.4 Å². The number of nitrogens with zero attached hydrogens (tertiary/aromatic N) is 1. The molecule has 1 aromatic rings. The van der Waals surface area contributed by atoms with Gasteiger partial charge >= 0.3 is 0 Å². The van der Waals surface area contributed by atoms with Crippen molar-refractivity contribution < 1.29 is 0 Å². The van der Waals surface area contributed by atoms with Gasteiger partial charge in [-0.2, -0.15) is 0 Å². The first kappa shape index (κ1) is 9.44. The SMILES string of the molecule is O=c1cc(CC2CCCCC2)nc[nH]1. The Morgan fingerprint density at radius 2 is 2.14 bits per heavy atom. The smallest absolute Gasteiger partial charge is 0.250 e. The van der Waals surface area contributed by atoms with Crippen molar-refractivity contribution in [1.82, 2.24) is 9.97 Å². The molecular formula is C11H16N2O. The van der Waals surface area contributed by atoms with E-state index in [1.807, 2.05) is 0 Å². The highest BCUT2D eigenvalue weighted by Gasteiger charge is 2.14. The van der Waals surface area contributed by atoms with Gasteiger partial charge in [0.15, 0.2) is 0 Å². The molecule has 1 saturated carbocycles. The molecule has 0 spiro atoms. The van der Waals surface area contributed by atoms with Crippen LogP contribution in [0.3, 0.4) is 0 Å².